The topological polar surface area (TPSA) is 211 Å². The zero-order chi connectivity index (χ0) is 36.3. The van der Waals surface area contributed by atoms with Crippen molar-refractivity contribution in [2.24, 2.45) is 0 Å². The van der Waals surface area contributed by atoms with Crippen LogP contribution in [-0.2, 0) is 30.4 Å². The number of hydrogen-bond donors (Lipinski definition) is 0. The standard InChI is InChI=1S/C36H21O12PS3.3Na/c37-50(38,39)22-4-10-34-28(16-22)25-13-19(1-7-31(25)46-34)49(20-2-8-32-26(14-20)29-17-23(51(40,41)42)5-11-35(29)47-32)21-3-9-33-27(15-21)30-18-24(52(43,44)45)6-12-36(30)48-33;;;/h1-18H,(H,37,38,39)(H,40,41,42)(H,43,44,45);;;/q;3*+1/p-3. The molecule has 0 spiro atoms. The Labute approximate surface area is 380 Å². The number of rotatable bonds is 6. The first-order valence-corrected chi connectivity index (χ1v) is 20.8. The third-order valence-electron chi connectivity index (χ3n) is 8.91. The summed E-state index contributed by atoms with van der Waals surface area (Å²) in [7, 11) is -15.8. The summed E-state index contributed by atoms with van der Waals surface area (Å²) < 4.78 is 125. The molecule has 0 bridgehead atoms. The molecule has 9 aromatic rings. The van der Waals surface area contributed by atoms with Crippen LogP contribution < -0.4 is 105 Å². The molecule has 0 aliphatic heterocycles. The van der Waals surface area contributed by atoms with E-state index in [-0.39, 0.29) is 88.7 Å². The largest absolute Gasteiger partial charge is 1.00 e. The van der Waals surface area contributed by atoms with Gasteiger partial charge < -0.3 is 26.9 Å². The van der Waals surface area contributed by atoms with Crippen molar-refractivity contribution < 1.29 is 141 Å². The molecule has 19 heteroatoms. The second-order valence-electron chi connectivity index (χ2n) is 12.0. The van der Waals surface area contributed by atoms with Crippen LogP contribution in [0.1, 0.15) is 0 Å². The Morgan fingerprint density at radius 1 is 0.345 bits per heavy atom. The minimum absolute atomic E-state index is 0. The van der Waals surface area contributed by atoms with Crippen molar-refractivity contribution in [3.63, 3.8) is 0 Å². The average molecular weight is 839 g/mol. The first-order valence-electron chi connectivity index (χ1n) is 15.2. The van der Waals surface area contributed by atoms with Gasteiger partial charge in [-0.2, -0.15) is 0 Å². The summed E-state index contributed by atoms with van der Waals surface area (Å²) in [5.41, 5.74) is 2.44. The minimum atomic E-state index is -4.76. The minimum Gasteiger partial charge on any atom is -0.744 e. The van der Waals surface area contributed by atoms with Gasteiger partial charge >= 0.3 is 88.7 Å². The van der Waals surface area contributed by atoms with Gasteiger partial charge in [-0.25, -0.2) is 25.3 Å². The smallest absolute Gasteiger partial charge is 0.744 e. The molecule has 3 heterocycles. The van der Waals surface area contributed by atoms with E-state index in [9.17, 15) is 38.9 Å². The molecule has 0 amide bonds. The molecule has 0 radical (unpaired) electrons. The Bertz CT molecular complexity index is 3000. The zero-order valence-electron chi connectivity index (χ0n) is 29.0. The molecule has 3 aromatic heterocycles. The van der Waals surface area contributed by atoms with E-state index in [2.05, 4.69) is 0 Å². The summed E-state index contributed by atoms with van der Waals surface area (Å²) >= 11 is 0. The zero-order valence-corrected chi connectivity index (χ0v) is 38.3. The van der Waals surface area contributed by atoms with E-state index in [0.717, 1.165) is 15.9 Å². The van der Waals surface area contributed by atoms with E-state index >= 15 is 0 Å². The summed E-state index contributed by atoms with van der Waals surface area (Å²) in [6.45, 7) is 0. The van der Waals surface area contributed by atoms with Crippen molar-refractivity contribution in [3.05, 3.63) is 109 Å². The van der Waals surface area contributed by atoms with Gasteiger partial charge in [-0.1, -0.05) is 18.2 Å². The van der Waals surface area contributed by atoms with Crippen LogP contribution in [0.5, 0.6) is 0 Å². The normalized spacial score (nSPS) is 12.4. The van der Waals surface area contributed by atoms with Crippen LogP contribution in [0.2, 0.25) is 0 Å². The second kappa shape index (κ2) is 15.2. The van der Waals surface area contributed by atoms with Crippen LogP contribution in [-0.4, -0.2) is 38.9 Å². The molecule has 0 atom stereocenters. The van der Waals surface area contributed by atoms with Gasteiger partial charge in [0.15, 0.2) is 0 Å². The van der Waals surface area contributed by atoms with Gasteiger partial charge in [0.25, 0.3) is 0 Å². The van der Waals surface area contributed by atoms with Crippen molar-refractivity contribution in [2.45, 2.75) is 14.7 Å². The number of furan rings is 3. The van der Waals surface area contributed by atoms with E-state index < -0.39 is 53.0 Å². The second-order valence-corrected chi connectivity index (χ2v) is 18.4. The van der Waals surface area contributed by atoms with E-state index in [0.29, 0.717) is 65.8 Å². The quantitative estimate of drug-likeness (QED) is 0.0925. The maximum absolute atomic E-state index is 11.9. The molecule has 260 valence electrons. The van der Waals surface area contributed by atoms with Crippen molar-refractivity contribution in [3.8, 4) is 0 Å². The Kier molecular flexibility index (Phi) is 11.8. The van der Waals surface area contributed by atoms with Crippen molar-refractivity contribution in [2.75, 3.05) is 0 Å². The predicted octanol–water partition coefficient (Wildman–Crippen LogP) is -3.13. The molecule has 0 aliphatic rings. The Hall–Kier alpha value is -2.12. The van der Waals surface area contributed by atoms with E-state index in [4.69, 9.17) is 13.3 Å². The first kappa shape index (κ1) is 42.5. The Morgan fingerprint density at radius 2 is 0.564 bits per heavy atom. The number of benzene rings is 6. The first-order chi connectivity index (χ1) is 24.6. The summed E-state index contributed by atoms with van der Waals surface area (Å²) in [6.07, 6.45) is 0. The van der Waals surface area contributed by atoms with E-state index in [1.54, 1.807) is 18.2 Å². The molecule has 0 fully saturated rings. The van der Waals surface area contributed by atoms with E-state index in [1.807, 2.05) is 36.4 Å². The number of hydrogen-bond acceptors (Lipinski definition) is 12. The van der Waals surface area contributed by atoms with Crippen LogP contribution in [0.25, 0.3) is 65.8 Å². The molecule has 55 heavy (non-hydrogen) atoms. The van der Waals surface area contributed by atoms with Crippen molar-refractivity contribution in [1.82, 2.24) is 0 Å². The fraction of sp³-hybridized carbons (Fsp3) is 0. The van der Waals surface area contributed by atoms with Crippen molar-refractivity contribution >= 4 is 120 Å². The van der Waals surface area contributed by atoms with Gasteiger partial charge in [0.05, 0.1) is 14.7 Å². The van der Waals surface area contributed by atoms with Crippen LogP contribution in [0, 0.1) is 0 Å². The van der Waals surface area contributed by atoms with Gasteiger partial charge in [-0.15, -0.1) is 0 Å². The SMILES string of the molecule is O=S(=O)([O-])c1ccc2oc3ccc(P(c4ccc5oc6ccc(S(=O)(=O)[O-])cc6c5c4)c4ccc5oc6ccc(S(=O)(=O)[O-])cc6c5c4)cc3c2c1.[Na+].[Na+].[Na+]. The maximum Gasteiger partial charge on any atom is 1.00 e. The predicted molar refractivity (Wildman–Crippen MR) is 191 cm³/mol. The fourth-order valence-corrected chi connectivity index (χ4v) is 10.4. The molecule has 9 rings (SSSR count). The Balaban J connectivity index is 0.00000171. The van der Waals surface area contributed by atoms with Crippen LogP contribution >= 0.6 is 7.92 Å². The van der Waals surface area contributed by atoms with Gasteiger partial charge in [-0.05, 0) is 115 Å². The molecule has 0 saturated carbocycles. The third-order valence-corrected chi connectivity index (χ3v) is 13.8. The Morgan fingerprint density at radius 3 is 0.800 bits per heavy atom. The van der Waals surface area contributed by atoms with Gasteiger partial charge in [-0.3, -0.25) is 0 Å². The molecular formula is C36H18Na3O12PS3. The summed E-state index contributed by atoms with van der Waals surface area (Å²) in [5, 5.41) is 5.14. The summed E-state index contributed by atoms with van der Waals surface area (Å²) in [5.74, 6) is 0. The fourth-order valence-electron chi connectivity index (χ4n) is 6.56. The molecular weight excluding hydrogens is 821 g/mol. The van der Waals surface area contributed by atoms with Crippen LogP contribution in [0.4, 0.5) is 0 Å². The molecule has 12 nitrogen and oxygen atoms in total. The van der Waals surface area contributed by atoms with Gasteiger partial charge in [0, 0.05) is 32.3 Å². The summed E-state index contributed by atoms with van der Waals surface area (Å²) in [4.78, 5) is -1.24. The van der Waals surface area contributed by atoms with E-state index in [1.165, 1.54) is 54.6 Å². The third kappa shape index (κ3) is 7.65. The molecule has 0 aliphatic carbocycles. The maximum atomic E-state index is 11.9. The molecule has 0 unspecified atom stereocenters. The van der Waals surface area contributed by atoms with Crippen LogP contribution in [0.3, 0.4) is 0 Å². The van der Waals surface area contributed by atoms with Gasteiger partial charge in [0.1, 0.15) is 63.9 Å². The molecule has 0 saturated heterocycles. The molecule has 6 aromatic carbocycles. The monoisotopic (exact) mass is 838 g/mol. The van der Waals surface area contributed by atoms with Gasteiger partial charge in [0.2, 0.25) is 0 Å². The van der Waals surface area contributed by atoms with Crippen molar-refractivity contribution in [1.29, 1.82) is 0 Å². The summed E-state index contributed by atoms with van der Waals surface area (Å²) in [6, 6.07) is 27.9. The number of fused-ring (bicyclic) bond motifs is 9. The van der Waals surface area contributed by atoms with Crippen LogP contribution in [0.15, 0.2) is 137 Å². The molecule has 0 N–H and O–H groups in total. The average Bonchev–Trinajstić information content (AvgIpc) is 3.77.